The Morgan fingerprint density at radius 1 is 1.39 bits per heavy atom. The van der Waals surface area contributed by atoms with Crippen molar-refractivity contribution >= 4 is 17.5 Å². The van der Waals surface area contributed by atoms with Gasteiger partial charge < -0.3 is 5.32 Å². The molecule has 0 aliphatic heterocycles. The largest absolute Gasteiger partial charge is 0.349 e. The summed E-state index contributed by atoms with van der Waals surface area (Å²) >= 11 is 6.08. The lowest BCUT2D eigenvalue weighted by Crippen LogP contribution is -2.49. The smallest absolute Gasteiger partial charge is 0.224 e. The molecule has 0 spiro atoms. The first kappa shape index (κ1) is 13.4. The number of nitrogens with one attached hydrogen (secondary N) is 1. The van der Waals surface area contributed by atoms with E-state index in [2.05, 4.69) is 17.4 Å². The van der Waals surface area contributed by atoms with Crippen molar-refractivity contribution in [3.63, 3.8) is 0 Å². The third-order valence-electron chi connectivity index (χ3n) is 3.79. The molecule has 0 radical (unpaired) electrons. The first-order valence-corrected chi connectivity index (χ1v) is 6.86. The van der Waals surface area contributed by atoms with Crippen molar-refractivity contribution < 1.29 is 4.79 Å². The number of alkyl halides is 1. The Morgan fingerprint density at radius 3 is 2.56 bits per heavy atom. The summed E-state index contributed by atoms with van der Waals surface area (Å²) in [6.07, 6.45) is 0.947. The van der Waals surface area contributed by atoms with Crippen LogP contribution in [0.3, 0.4) is 0 Å². The Balaban J connectivity index is 1.94. The van der Waals surface area contributed by atoms with Gasteiger partial charge in [0.25, 0.3) is 0 Å². The van der Waals surface area contributed by atoms with Crippen LogP contribution in [-0.2, 0) is 4.79 Å². The molecule has 1 amide bonds. The summed E-state index contributed by atoms with van der Waals surface area (Å²) in [5, 5.41) is 2.96. The van der Waals surface area contributed by atoms with Gasteiger partial charge in [0.05, 0.1) is 10.9 Å². The van der Waals surface area contributed by atoms with Gasteiger partial charge >= 0.3 is 0 Å². The van der Waals surface area contributed by atoms with Crippen LogP contribution < -0.4 is 5.32 Å². The van der Waals surface area contributed by atoms with Crippen LogP contribution >= 0.6 is 11.6 Å². The van der Waals surface area contributed by atoms with E-state index in [9.17, 15) is 4.79 Å². The van der Waals surface area contributed by atoms with Crippen LogP contribution in [0.1, 0.15) is 38.7 Å². The molecule has 1 aliphatic rings. The predicted molar refractivity (Wildman–Crippen MR) is 74.8 cm³/mol. The molecule has 98 valence electrons. The number of carbonyl (C=O) groups excluding carboxylic acids is 1. The summed E-state index contributed by atoms with van der Waals surface area (Å²) < 4.78 is 0. The van der Waals surface area contributed by atoms with Gasteiger partial charge in [0.1, 0.15) is 0 Å². The maximum Gasteiger partial charge on any atom is 0.224 e. The van der Waals surface area contributed by atoms with Crippen LogP contribution in [0.4, 0.5) is 0 Å². The Kier molecular flexibility index (Phi) is 3.67. The second kappa shape index (κ2) is 4.93. The van der Waals surface area contributed by atoms with Crippen molar-refractivity contribution in [3.8, 4) is 0 Å². The SMILES string of the molecule is CC(Cl)C(C)(C)NC(=O)C1CC1c1ccccc1. The maximum absolute atomic E-state index is 12.1. The summed E-state index contributed by atoms with van der Waals surface area (Å²) in [7, 11) is 0. The van der Waals surface area contributed by atoms with Crippen molar-refractivity contribution in [2.24, 2.45) is 5.92 Å². The number of hydrogen-bond acceptors (Lipinski definition) is 1. The van der Waals surface area contributed by atoms with Gasteiger partial charge in [-0.2, -0.15) is 0 Å². The summed E-state index contributed by atoms with van der Waals surface area (Å²) in [4.78, 5) is 12.1. The zero-order chi connectivity index (χ0) is 13.3. The van der Waals surface area contributed by atoms with Gasteiger partial charge in [-0.3, -0.25) is 4.79 Å². The van der Waals surface area contributed by atoms with Crippen LogP contribution in [0.5, 0.6) is 0 Å². The summed E-state index contributed by atoms with van der Waals surface area (Å²) in [5.74, 6) is 0.621. The van der Waals surface area contributed by atoms with Gasteiger partial charge in [0, 0.05) is 5.92 Å². The molecule has 2 rings (SSSR count). The quantitative estimate of drug-likeness (QED) is 0.832. The second-order valence-electron chi connectivity index (χ2n) is 5.69. The van der Waals surface area contributed by atoms with E-state index in [0.717, 1.165) is 6.42 Å². The Morgan fingerprint density at radius 2 is 2.00 bits per heavy atom. The van der Waals surface area contributed by atoms with Crippen LogP contribution in [-0.4, -0.2) is 16.8 Å². The van der Waals surface area contributed by atoms with E-state index in [1.54, 1.807) is 0 Å². The van der Waals surface area contributed by atoms with E-state index in [0.29, 0.717) is 5.92 Å². The normalized spacial score (nSPS) is 24.4. The lowest BCUT2D eigenvalue weighted by atomic mass is 10.0. The molecule has 2 nitrogen and oxygen atoms in total. The highest BCUT2D eigenvalue weighted by molar-refractivity contribution is 6.21. The molecule has 1 aromatic rings. The Bertz CT molecular complexity index is 427. The standard InChI is InChI=1S/C15H20ClNO/c1-10(16)15(2,3)17-14(18)13-9-12(13)11-7-5-4-6-8-11/h4-8,10,12-13H,9H2,1-3H3,(H,17,18). The van der Waals surface area contributed by atoms with Crippen molar-refractivity contribution in [2.75, 3.05) is 0 Å². The van der Waals surface area contributed by atoms with E-state index in [1.807, 2.05) is 39.0 Å². The summed E-state index contributed by atoms with van der Waals surface area (Å²) in [6.45, 7) is 5.83. The second-order valence-corrected chi connectivity index (χ2v) is 6.34. The number of halogens is 1. The lowest BCUT2D eigenvalue weighted by molar-refractivity contribution is -0.124. The summed E-state index contributed by atoms with van der Waals surface area (Å²) in [6, 6.07) is 10.2. The van der Waals surface area contributed by atoms with E-state index in [1.165, 1.54) is 5.56 Å². The topological polar surface area (TPSA) is 29.1 Å². The minimum atomic E-state index is -0.359. The van der Waals surface area contributed by atoms with Crippen LogP contribution in [0.2, 0.25) is 0 Å². The predicted octanol–water partition coefficient (Wildman–Crippen LogP) is 3.31. The van der Waals surface area contributed by atoms with Gasteiger partial charge in [-0.25, -0.2) is 0 Å². The molecule has 3 heteroatoms. The van der Waals surface area contributed by atoms with Gasteiger partial charge in [0.2, 0.25) is 5.91 Å². The minimum Gasteiger partial charge on any atom is -0.349 e. The highest BCUT2D eigenvalue weighted by Crippen LogP contribution is 2.47. The van der Waals surface area contributed by atoms with E-state index < -0.39 is 0 Å². The number of benzene rings is 1. The molecule has 3 atom stereocenters. The van der Waals surface area contributed by atoms with Gasteiger partial charge in [-0.1, -0.05) is 30.3 Å². The van der Waals surface area contributed by atoms with E-state index in [4.69, 9.17) is 11.6 Å². The van der Waals surface area contributed by atoms with E-state index in [-0.39, 0.29) is 22.7 Å². The number of carbonyl (C=O) groups is 1. The molecule has 3 unspecified atom stereocenters. The Hall–Kier alpha value is -1.02. The summed E-state index contributed by atoms with van der Waals surface area (Å²) in [5.41, 5.74) is 0.900. The average molecular weight is 266 g/mol. The number of hydrogen-bond donors (Lipinski definition) is 1. The molecular formula is C15H20ClNO. The molecule has 0 bridgehead atoms. The molecule has 0 saturated heterocycles. The first-order chi connectivity index (χ1) is 8.42. The lowest BCUT2D eigenvalue weighted by Gasteiger charge is -2.29. The molecule has 1 saturated carbocycles. The molecular weight excluding hydrogens is 246 g/mol. The fourth-order valence-corrected chi connectivity index (χ4v) is 2.12. The highest BCUT2D eigenvalue weighted by atomic mass is 35.5. The Labute approximate surface area is 114 Å². The monoisotopic (exact) mass is 265 g/mol. The van der Waals surface area contributed by atoms with Gasteiger partial charge in [-0.15, -0.1) is 11.6 Å². The molecule has 1 N–H and O–H groups in total. The fraction of sp³-hybridized carbons (Fsp3) is 0.533. The number of amides is 1. The van der Waals surface area contributed by atoms with Crippen molar-refractivity contribution in [1.82, 2.24) is 5.32 Å². The van der Waals surface area contributed by atoms with Gasteiger partial charge in [0.15, 0.2) is 0 Å². The zero-order valence-electron chi connectivity index (χ0n) is 11.1. The van der Waals surface area contributed by atoms with Crippen molar-refractivity contribution in [1.29, 1.82) is 0 Å². The molecule has 1 aliphatic carbocycles. The average Bonchev–Trinajstić information content (AvgIpc) is 3.09. The molecule has 0 heterocycles. The van der Waals surface area contributed by atoms with E-state index >= 15 is 0 Å². The van der Waals surface area contributed by atoms with Crippen LogP contribution in [0.25, 0.3) is 0 Å². The van der Waals surface area contributed by atoms with Crippen LogP contribution in [0.15, 0.2) is 30.3 Å². The maximum atomic E-state index is 12.1. The third kappa shape index (κ3) is 2.86. The zero-order valence-corrected chi connectivity index (χ0v) is 11.9. The van der Waals surface area contributed by atoms with Crippen molar-refractivity contribution in [2.45, 2.75) is 44.0 Å². The fourth-order valence-electron chi connectivity index (χ4n) is 2.06. The molecule has 1 aromatic carbocycles. The molecule has 0 aromatic heterocycles. The van der Waals surface area contributed by atoms with Crippen LogP contribution in [0, 0.1) is 5.92 Å². The molecule has 1 fully saturated rings. The molecule has 18 heavy (non-hydrogen) atoms. The van der Waals surface area contributed by atoms with Gasteiger partial charge in [-0.05, 0) is 38.7 Å². The highest BCUT2D eigenvalue weighted by Gasteiger charge is 2.45. The van der Waals surface area contributed by atoms with Crippen molar-refractivity contribution in [3.05, 3.63) is 35.9 Å². The number of rotatable bonds is 4. The third-order valence-corrected chi connectivity index (χ3v) is 4.34. The minimum absolute atomic E-state index is 0.0876. The first-order valence-electron chi connectivity index (χ1n) is 6.43.